The zero-order valence-corrected chi connectivity index (χ0v) is 15.6. The van der Waals surface area contributed by atoms with Crippen LogP contribution in [0.2, 0.25) is 0 Å². The van der Waals surface area contributed by atoms with Crippen molar-refractivity contribution in [2.24, 2.45) is 4.99 Å². The average molecular weight is 412 g/mol. The van der Waals surface area contributed by atoms with E-state index in [9.17, 15) is 18.4 Å². The number of aliphatic hydroxyl groups excluding tert-OH is 1. The Morgan fingerprint density at radius 3 is 2.50 bits per heavy atom. The number of thiocarbonyl (C=S) groups is 1. The standard InChI is InChI=1S/C17H18F2N4O4S/c18-13-5-11(23-8-12(7-20-10-28)27-17(23)26)6-14(19)16(13)22-3-1-21(2-4-22)15(25)9-24/h5-6,12,24H,1-4,7-9H2/t12-/m1/s1. The smallest absolute Gasteiger partial charge is 0.414 e. The van der Waals surface area contributed by atoms with Gasteiger partial charge in [-0.2, -0.15) is 0 Å². The minimum atomic E-state index is -0.815. The molecule has 0 aliphatic carbocycles. The number of piperazine rings is 1. The summed E-state index contributed by atoms with van der Waals surface area (Å²) in [6.45, 7) is 0.580. The fourth-order valence-corrected chi connectivity index (χ4v) is 3.33. The van der Waals surface area contributed by atoms with Crippen LogP contribution >= 0.6 is 12.2 Å². The second kappa shape index (κ2) is 8.59. The van der Waals surface area contributed by atoms with E-state index in [0.29, 0.717) is 0 Å². The monoisotopic (exact) mass is 412 g/mol. The van der Waals surface area contributed by atoms with Gasteiger partial charge in [0.2, 0.25) is 5.91 Å². The lowest BCUT2D eigenvalue weighted by Gasteiger charge is -2.36. The zero-order chi connectivity index (χ0) is 20.3. The number of aliphatic imine (C=N–C) groups is 1. The first kappa shape index (κ1) is 20.1. The first-order chi connectivity index (χ1) is 13.4. The van der Waals surface area contributed by atoms with Gasteiger partial charge >= 0.3 is 6.09 Å². The maximum atomic E-state index is 14.7. The van der Waals surface area contributed by atoms with E-state index in [-0.39, 0.29) is 50.6 Å². The second-order valence-electron chi connectivity index (χ2n) is 6.33. The lowest BCUT2D eigenvalue weighted by atomic mass is 10.2. The fraction of sp³-hybridized carbons (Fsp3) is 0.471. The Morgan fingerprint density at radius 2 is 1.93 bits per heavy atom. The number of nitrogens with zero attached hydrogens (tertiary/aromatic N) is 4. The summed E-state index contributed by atoms with van der Waals surface area (Å²) in [6, 6.07) is 2.16. The molecular formula is C17H18F2N4O4S. The molecular weight excluding hydrogens is 394 g/mol. The zero-order valence-electron chi connectivity index (χ0n) is 14.8. The molecule has 0 unspecified atom stereocenters. The van der Waals surface area contributed by atoms with E-state index in [1.165, 1.54) is 9.80 Å². The predicted molar refractivity (Wildman–Crippen MR) is 99.7 cm³/mol. The molecule has 2 heterocycles. The van der Waals surface area contributed by atoms with Gasteiger partial charge in [0, 0.05) is 38.3 Å². The number of anilines is 2. The number of amides is 2. The lowest BCUT2D eigenvalue weighted by molar-refractivity contribution is -0.134. The van der Waals surface area contributed by atoms with Gasteiger partial charge in [0.25, 0.3) is 0 Å². The van der Waals surface area contributed by atoms with Gasteiger partial charge in [0.15, 0.2) is 11.6 Å². The Kier molecular flexibility index (Phi) is 6.18. The summed E-state index contributed by atoms with van der Waals surface area (Å²) < 4.78 is 34.4. The molecule has 0 saturated carbocycles. The molecule has 2 aliphatic heterocycles. The molecule has 1 aromatic carbocycles. The maximum Gasteiger partial charge on any atom is 0.414 e. The summed E-state index contributed by atoms with van der Waals surface area (Å²) in [4.78, 5) is 31.3. The summed E-state index contributed by atoms with van der Waals surface area (Å²) in [5.74, 6) is -2.05. The normalized spacial score (nSPS) is 19.5. The number of ether oxygens (including phenoxy) is 1. The maximum absolute atomic E-state index is 14.7. The first-order valence-corrected chi connectivity index (χ1v) is 8.99. The van der Waals surface area contributed by atoms with Crippen LogP contribution in [0.15, 0.2) is 17.1 Å². The average Bonchev–Trinajstić information content (AvgIpc) is 3.06. The minimum Gasteiger partial charge on any atom is -0.442 e. The fourth-order valence-electron chi connectivity index (χ4n) is 3.26. The highest BCUT2D eigenvalue weighted by Gasteiger charge is 2.34. The van der Waals surface area contributed by atoms with Gasteiger partial charge in [-0.25, -0.2) is 18.6 Å². The van der Waals surface area contributed by atoms with Crippen LogP contribution in [-0.2, 0) is 9.53 Å². The van der Waals surface area contributed by atoms with Crippen molar-refractivity contribution in [2.75, 3.05) is 55.7 Å². The molecule has 0 aromatic heterocycles. The molecule has 1 N–H and O–H groups in total. The minimum absolute atomic E-state index is 0.0478. The van der Waals surface area contributed by atoms with Crippen LogP contribution < -0.4 is 9.80 Å². The van der Waals surface area contributed by atoms with Crippen molar-refractivity contribution in [1.82, 2.24) is 4.90 Å². The summed E-state index contributed by atoms with van der Waals surface area (Å²) in [5.41, 5.74) is -0.166. The third-order valence-electron chi connectivity index (χ3n) is 4.63. The van der Waals surface area contributed by atoms with E-state index in [2.05, 4.69) is 22.4 Å². The highest BCUT2D eigenvalue weighted by atomic mass is 32.1. The van der Waals surface area contributed by atoms with Gasteiger partial charge in [0.1, 0.15) is 18.4 Å². The Morgan fingerprint density at radius 1 is 1.29 bits per heavy atom. The number of halogens is 2. The number of carbonyl (C=O) groups excluding carboxylic acids is 2. The topological polar surface area (TPSA) is 85.7 Å². The summed E-state index contributed by atoms with van der Waals surface area (Å²) in [5, 5.41) is 11.1. The first-order valence-electron chi connectivity index (χ1n) is 8.59. The number of hydrogen-bond acceptors (Lipinski definition) is 7. The summed E-state index contributed by atoms with van der Waals surface area (Å²) in [7, 11) is 0. The molecule has 2 fully saturated rings. The molecule has 28 heavy (non-hydrogen) atoms. The van der Waals surface area contributed by atoms with E-state index in [0.717, 1.165) is 17.0 Å². The molecule has 0 radical (unpaired) electrons. The van der Waals surface area contributed by atoms with Gasteiger partial charge in [-0.3, -0.25) is 9.69 Å². The number of benzene rings is 1. The highest BCUT2D eigenvalue weighted by Crippen LogP contribution is 2.31. The van der Waals surface area contributed by atoms with Crippen molar-refractivity contribution in [2.45, 2.75) is 6.10 Å². The molecule has 150 valence electrons. The molecule has 1 aromatic rings. The number of rotatable bonds is 5. The van der Waals surface area contributed by atoms with Crippen LogP contribution in [0.1, 0.15) is 0 Å². The number of carbonyl (C=O) groups is 2. The summed E-state index contributed by atoms with van der Waals surface area (Å²) >= 11 is 4.47. The van der Waals surface area contributed by atoms with Crippen molar-refractivity contribution in [1.29, 1.82) is 0 Å². The number of isothiocyanates is 1. The number of hydrogen-bond donors (Lipinski definition) is 1. The molecule has 3 rings (SSSR count). The third kappa shape index (κ3) is 4.11. The van der Waals surface area contributed by atoms with E-state index < -0.39 is 36.3 Å². The summed E-state index contributed by atoms with van der Waals surface area (Å²) in [6.07, 6.45) is -1.28. The van der Waals surface area contributed by atoms with Gasteiger partial charge in [-0.05, 0) is 12.2 Å². The number of cyclic esters (lactones) is 1. The Balaban J connectivity index is 1.74. The number of aliphatic hydroxyl groups is 1. The molecule has 0 spiro atoms. The van der Waals surface area contributed by atoms with E-state index >= 15 is 0 Å². The molecule has 1 atom stereocenters. The SMILES string of the molecule is O=C(CO)N1CCN(c2c(F)cc(N3C[C@@H](CN=C=S)OC3=O)cc2F)CC1. The van der Waals surface area contributed by atoms with Gasteiger partial charge in [-0.1, -0.05) is 0 Å². The Bertz CT molecular complexity index is 802. The van der Waals surface area contributed by atoms with Gasteiger partial charge in [0.05, 0.1) is 23.9 Å². The molecule has 2 amide bonds. The van der Waals surface area contributed by atoms with E-state index in [1.807, 2.05) is 0 Å². The van der Waals surface area contributed by atoms with E-state index in [1.54, 1.807) is 0 Å². The Hall–Kier alpha value is -2.62. The van der Waals surface area contributed by atoms with Crippen molar-refractivity contribution in [3.63, 3.8) is 0 Å². The Labute approximate surface area is 165 Å². The largest absolute Gasteiger partial charge is 0.442 e. The van der Waals surface area contributed by atoms with Crippen molar-refractivity contribution >= 4 is 40.8 Å². The van der Waals surface area contributed by atoms with Crippen LogP contribution in [0.25, 0.3) is 0 Å². The lowest BCUT2D eigenvalue weighted by Crippen LogP contribution is -2.50. The highest BCUT2D eigenvalue weighted by molar-refractivity contribution is 7.78. The van der Waals surface area contributed by atoms with E-state index in [4.69, 9.17) is 9.84 Å². The second-order valence-corrected chi connectivity index (χ2v) is 6.51. The molecule has 2 saturated heterocycles. The van der Waals surface area contributed by atoms with Gasteiger partial charge in [-0.15, -0.1) is 0 Å². The van der Waals surface area contributed by atoms with Crippen molar-refractivity contribution < 1.29 is 28.2 Å². The third-order valence-corrected chi connectivity index (χ3v) is 4.76. The van der Waals surface area contributed by atoms with Gasteiger partial charge < -0.3 is 19.6 Å². The molecule has 2 aliphatic rings. The van der Waals surface area contributed by atoms with Crippen LogP contribution in [0.3, 0.4) is 0 Å². The molecule has 0 bridgehead atoms. The van der Waals surface area contributed by atoms with Crippen LogP contribution in [0.5, 0.6) is 0 Å². The van der Waals surface area contributed by atoms with Crippen LogP contribution in [-0.4, -0.2) is 79.1 Å². The molecule has 8 nitrogen and oxygen atoms in total. The van der Waals surface area contributed by atoms with Crippen LogP contribution in [0, 0.1) is 11.6 Å². The van der Waals surface area contributed by atoms with Crippen molar-refractivity contribution in [3.8, 4) is 0 Å². The quantitative estimate of drug-likeness (QED) is 0.575. The predicted octanol–water partition coefficient (Wildman–Crippen LogP) is 1.03. The van der Waals surface area contributed by atoms with Crippen LogP contribution in [0.4, 0.5) is 25.0 Å². The molecule has 11 heteroatoms. The van der Waals surface area contributed by atoms with Crippen molar-refractivity contribution in [3.05, 3.63) is 23.8 Å².